The molecule has 5 rings (SSSR count). The average Bonchev–Trinajstić information content (AvgIpc) is 3.41. The smallest absolute Gasteiger partial charge is 0.255 e. The van der Waals surface area contributed by atoms with Crippen molar-refractivity contribution in [2.24, 2.45) is 0 Å². The molecule has 2 fully saturated rings. The number of hydrogen-bond donors (Lipinski definition) is 3. The topological polar surface area (TPSA) is 104 Å². The molecule has 10 heteroatoms. The van der Waals surface area contributed by atoms with E-state index in [-0.39, 0.29) is 36.9 Å². The number of nitrogens with zero attached hydrogens (tertiary/aromatic N) is 1. The maximum absolute atomic E-state index is 14.4. The zero-order valence-corrected chi connectivity index (χ0v) is 19.5. The summed E-state index contributed by atoms with van der Waals surface area (Å²) in [5, 5.41) is 6.52. The number of carbonyl (C=O) groups excluding carboxylic acids is 2. The third-order valence-electron chi connectivity index (χ3n) is 6.87. The Balaban J connectivity index is 1.61. The van der Waals surface area contributed by atoms with Gasteiger partial charge in [0.15, 0.2) is 17.2 Å². The molecule has 0 spiro atoms. The molecule has 36 heavy (non-hydrogen) atoms. The van der Waals surface area contributed by atoms with Gasteiger partial charge in [-0.05, 0) is 36.6 Å². The minimum atomic E-state index is -1.69. The molecule has 2 atom stereocenters. The summed E-state index contributed by atoms with van der Waals surface area (Å²) in [4.78, 5) is 44.3. The van der Waals surface area contributed by atoms with Crippen molar-refractivity contribution in [3.8, 4) is 0 Å². The molecule has 2 aliphatic heterocycles. The minimum absolute atomic E-state index is 0.0255. The fraction of sp³-hybridized carbons (Fsp3) is 0.346. The van der Waals surface area contributed by atoms with Gasteiger partial charge in [0.2, 0.25) is 5.56 Å². The molecule has 2 aromatic carbocycles. The van der Waals surface area contributed by atoms with Crippen LogP contribution in [-0.4, -0.2) is 60.6 Å². The Morgan fingerprint density at radius 1 is 1.14 bits per heavy atom. The highest BCUT2D eigenvalue weighted by atomic mass is 19.2. The van der Waals surface area contributed by atoms with Crippen LogP contribution in [0.5, 0.6) is 0 Å². The van der Waals surface area contributed by atoms with Crippen LogP contribution >= 0.6 is 0 Å². The predicted molar refractivity (Wildman–Crippen MR) is 128 cm³/mol. The number of fused-ring (bicyclic) bond motifs is 1. The number of para-hydroxylation sites is 1. The number of aromatic amines is 1. The third-order valence-corrected chi connectivity index (χ3v) is 6.87. The van der Waals surface area contributed by atoms with E-state index in [1.54, 1.807) is 24.3 Å². The van der Waals surface area contributed by atoms with Crippen LogP contribution in [0.3, 0.4) is 0 Å². The second kappa shape index (κ2) is 9.79. The van der Waals surface area contributed by atoms with Crippen LogP contribution < -0.4 is 16.2 Å². The number of aromatic nitrogens is 1. The summed E-state index contributed by atoms with van der Waals surface area (Å²) in [5.41, 5.74) is -1.43. The van der Waals surface area contributed by atoms with E-state index in [4.69, 9.17) is 4.74 Å². The molecule has 0 saturated carbocycles. The molecule has 2 aliphatic rings. The van der Waals surface area contributed by atoms with Crippen molar-refractivity contribution in [2.75, 3.05) is 32.8 Å². The van der Waals surface area contributed by atoms with E-state index in [1.165, 1.54) is 17.0 Å². The first-order valence-electron chi connectivity index (χ1n) is 11.9. The van der Waals surface area contributed by atoms with E-state index < -0.39 is 34.5 Å². The van der Waals surface area contributed by atoms with Crippen LogP contribution in [0, 0.1) is 11.6 Å². The van der Waals surface area contributed by atoms with Gasteiger partial charge in [0.25, 0.3) is 11.8 Å². The summed E-state index contributed by atoms with van der Waals surface area (Å²) in [5.74, 6) is -3.29. The second-order valence-corrected chi connectivity index (χ2v) is 9.06. The van der Waals surface area contributed by atoms with Crippen molar-refractivity contribution < 1.29 is 23.1 Å². The first kappa shape index (κ1) is 24.1. The molecule has 0 aliphatic carbocycles. The molecule has 3 N–H and O–H groups in total. The second-order valence-electron chi connectivity index (χ2n) is 9.06. The lowest BCUT2D eigenvalue weighted by atomic mass is 9.84. The van der Waals surface area contributed by atoms with Gasteiger partial charge < -0.3 is 25.3 Å². The van der Waals surface area contributed by atoms with Crippen molar-refractivity contribution >= 4 is 22.7 Å². The van der Waals surface area contributed by atoms with Gasteiger partial charge in [-0.2, -0.15) is 0 Å². The lowest BCUT2D eigenvalue weighted by Gasteiger charge is -2.46. The third kappa shape index (κ3) is 4.27. The lowest BCUT2D eigenvalue weighted by molar-refractivity contribution is -0.134. The zero-order valence-electron chi connectivity index (χ0n) is 19.5. The highest BCUT2D eigenvalue weighted by Crippen LogP contribution is 2.34. The van der Waals surface area contributed by atoms with E-state index in [0.717, 1.165) is 25.0 Å². The van der Waals surface area contributed by atoms with Gasteiger partial charge in [0.1, 0.15) is 0 Å². The quantitative estimate of drug-likeness (QED) is 0.502. The highest BCUT2D eigenvalue weighted by Gasteiger charge is 2.50. The van der Waals surface area contributed by atoms with Gasteiger partial charge in [-0.3, -0.25) is 14.4 Å². The molecule has 8 nitrogen and oxygen atoms in total. The Hall–Kier alpha value is -3.63. The van der Waals surface area contributed by atoms with Crippen LogP contribution in [-0.2, 0) is 15.1 Å². The van der Waals surface area contributed by atoms with E-state index in [0.29, 0.717) is 24.1 Å². The normalized spacial score (nSPS) is 22.1. The number of ether oxygens (including phenoxy) is 1. The number of benzene rings is 2. The number of carbonyl (C=O) groups is 2. The monoisotopic (exact) mass is 496 g/mol. The number of rotatable bonds is 5. The van der Waals surface area contributed by atoms with Crippen molar-refractivity contribution in [1.82, 2.24) is 20.5 Å². The van der Waals surface area contributed by atoms with Gasteiger partial charge >= 0.3 is 0 Å². The Bertz CT molecular complexity index is 1370. The van der Waals surface area contributed by atoms with E-state index in [2.05, 4.69) is 15.6 Å². The number of amides is 2. The van der Waals surface area contributed by atoms with Gasteiger partial charge in [-0.1, -0.05) is 24.3 Å². The first-order valence-corrected chi connectivity index (χ1v) is 11.9. The van der Waals surface area contributed by atoms with Crippen LogP contribution in [0.1, 0.15) is 28.8 Å². The molecule has 188 valence electrons. The standard InChI is InChI=1S/C26H26F2N4O4/c27-20-8-7-16(12-21(20)28)26(25(35)30-14-17-4-3-11-36-17)15-29-9-10-32(26)24(34)19-13-23(33)31-22-6-2-1-5-18(19)22/h1-2,5-8,12-13,17,29H,3-4,9-11,14-15H2,(H,30,35)(H,31,33). The number of H-pyrrole nitrogens is 1. The SMILES string of the molecule is O=C(c1cc(=O)[nH]c2ccccc12)N1CCNCC1(C(=O)NCC1CCCO1)c1ccc(F)c(F)c1. The molecule has 0 radical (unpaired) electrons. The molecule has 0 bridgehead atoms. The van der Waals surface area contributed by atoms with Crippen molar-refractivity contribution in [2.45, 2.75) is 24.5 Å². The molecule has 2 unspecified atom stereocenters. The van der Waals surface area contributed by atoms with E-state index in [1.807, 2.05) is 0 Å². The summed E-state index contributed by atoms with van der Waals surface area (Å²) in [7, 11) is 0. The fourth-order valence-corrected chi connectivity index (χ4v) is 5.05. The number of hydrogen-bond acceptors (Lipinski definition) is 5. The van der Waals surface area contributed by atoms with Gasteiger partial charge in [-0.15, -0.1) is 0 Å². The van der Waals surface area contributed by atoms with Crippen molar-refractivity contribution in [3.05, 3.63) is 81.6 Å². The molecular formula is C26H26F2N4O4. The maximum Gasteiger partial charge on any atom is 0.255 e. The van der Waals surface area contributed by atoms with Crippen LogP contribution in [0.2, 0.25) is 0 Å². The average molecular weight is 497 g/mol. The molecule has 3 heterocycles. The Morgan fingerprint density at radius 2 is 1.97 bits per heavy atom. The molecule has 2 amide bonds. The number of piperazine rings is 1. The van der Waals surface area contributed by atoms with Crippen molar-refractivity contribution in [3.63, 3.8) is 0 Å². The minimum Gasteiger partial charge on any atom is -0.376 e. The summed E-state index contributed by atoms with van der Waals surface area (Å²) in [6.07, 6.45) is 1.52. The Morgan fingerprint density at radius 3 is 2.75 bits per heavy atom. The number of pyridine rings is 1. The molecule has 1 aromatic heterocycles. The van der Waals surface area contributed by atoms with E-state index in [9.17, 15) is 23.2 Å². The summed E-state index contributed by atoms with van der Waals surface area (Å²) < 4.78 is 33.9. The Kier molecular flexibility index (Phi) is 6.55. The number of nitrogens with one attached hydrogen (secondary N) is 3. The maximum atomic E-state index is 14.4. The van der Waals surface area contributed by atoms with Crippen LogP contribution in [0.4, 0.5) is 8.78 Å². The lowest BCUT2D eigenvalue weighted by Crippen LogP contribution is -2.67. The van der Waals surface area contributed by atoms with E-state index >= 15 is 0 Å². The van der Waals surface area contributed by atoms with Gasteiger partial charge in [0.05, 0.1) is 11.7 Å². The van der Waals surface area contributed by atoms with Crippen LogP contribution in [0.25, 0.3) is 10.9 Å². The molecule has 2 saturated heterocycles. The Labute approximate surface area is 205 Å². The first-order chi connectivity index (χ1) is 17.4. The predicted octanol–water partition coefficient (Wildman–Crippen LogP) is 2.04. The zero-order chi connectivity index (χ0) is 25.3. The highest BCUT2D eigenvalue weighted by molar-refractivity contribution is 6.08. The molecule has 3 aromatic rings. The summed E-state index contributed by atoms with van der Waals surface area (Å²) in [6.45, 7) is 1.28. The van der Waals surface area contributed by atoms with Gasteiger partial charge in [0, 0.05) is 49.8 Å². The van der Waals surface area contributed by atoms with Crippen molar-refractivity contribution in [1.29, 1.82) is 0 Å². The van der Waals surface area contributed by atoms with Crippen LogP contribution in [0.15, 0.2) is 53.3 Å². The summed E-state index contributed by atoms with van der Waals surface area (Å²) >= 11 is 0. The van der Waals surface area contributed by atoms with Gasteiger partial charge in [-0.25, -0.2) is 8.78 Å². The number of halogens is 2. The summed E-state index contributed by atoms with van der Waals surface area (Å²) in [6, 6.07) is 11.3. The largest absolute Gasteiger partial charge is 0.376 e. The fourth-order valence-electron chi connectivity index (χ4n) is 5.05. The molecular weight excluding hydrogens is 470 g/mol.